The van der Waals surface area contributed by atoms with Crippen molar-refractivity contribution in [3.8, 4) is 0 Å². The lowest BCUT2D eigenvalue weighted by molar-refractivity contribution is 0.504. The van der Waals surface area contributed by atoms with Gasteiger partial charge in [0.2, 0.25) is 0 Å². The molecule has 0 unspecified atom stereocenters. The normalized spacial score (nSPS) is 13.4. The third-order valence-electron chi connectivity index (χ3n) is 1.56. The van der Waals surface area contributed by atoms with E-state index < -0.39 is 0 Å². The molecule has 0 atom stereocenters. The van der Waals surface area contributed by atoms with Crippen molar-refractivity contribution in [2.75, 3.05) is 0 Å². The highest BCUT2D eigenvalue weighted by atomic mass is 14.9. The van der Waals surface area contributed by atoms with Crippen LogP contribution in [0, 0.1) is 0 Å². The Kier molecular flexibility index (Phi) is 3.26. The van der Waals surface area contributed by atoms with Crippen molar-refractivity contribution in [3.05, 3.63) is 0 Å². The first-order valence-electron chi connectivity index (χ1n) is 3.55. The number of nitrogens with zero attached hydrogens (tertiary/aromatic N) is 2. The summed E-state index contributed by atoms with van der Waals surface area (Å²) in [5.74, 6) is 0.770. The van der Waals surface area contributed by atoms with E-state index >= 15 is 0 Å². The SMILES string of the molecule is C=NC(C)=NC(C)(C)CC. The minimum absolute atomic E-state index is 0.0191. The summed E-state index contributed by atoms with van der Waals surface area (Å²) in [6, 6.07) is 0. The van der Waals surface area contributed by atoms with Crippen molar-refractivity contribution in [1.82, 2.24) is 0 Å². The van der Waals surface area contributed by atoms with Gasteiger partial charge in [-0.05, 0) is 33.9 Å². The van der Waals surface area contributed by atoms with Crippen molar-refractivity contribution < 1.29 is 0 Å². The van der Waals surface area contributed by atoms with Gasteiger partial charge in [0.1, 0.15) is 5.84 Å². The topological polar surface area (TPSA) is 24.7 Å². The maximum atomic E-state index is 4.33. The summed E-state index contributed by atoms with van der Waals surface area (Å²) < 4.78 is 0. The number of aliphatic imine (C=N–C) groups is 2. The van der Waals surface area contributed by atoms with E-state index in [1.807, 2.05) is 6.92 Å². The van der Waals surface area contributed by atoms with E-state index in [1.54, 1.807) is 0 Å². The zero-order valence-electron chi connectivity index (χ0n) is 7.31. The van der Waals surface area contributed by atoms with E-state index in [0.717, 1.165) is 12.3 Å². The summed E-state index contributed by atoms with van der Waals surface area (Å²) >= 11 is 0. The van der Waals surface area contributed by atoms with Gasteiger partial charge in [-0.2, -0.15) is 0 Å². The maximum absolute atomic E-state index is 4.33. The molecule has 58 valence electrons. The summed E-state index contributed by atoms with van der Waals surface area (Å²) in [4.78, 5) is 8.05. The van der Waals surface area contributed by atoms with Crippen molar-refractivity contribution >= 4 is 12.6 Å². The fourth-order valence-corrected chi connectivity index (χ4v) is 0.552. The van der Waals surface area contributed by atoms with Crippen LogP contribution in [0.5, 0.6) is 0 Å². The molecule has 0 aliphatic heterocycles. The van der Waals surface area contributed by atoms with Crippen LogP contribution in [0.25, 0.3) is 0 Å². The molecule has 0 aromatic rings. The summed E-state index contributed by atoms with van der Waals surface area (Å²) in [5.41, 5.74) is 0.0191. The molecule has 0 aromatic heterocycles. The monoisotopic (exact) mass is 140 g/mol. The lowest BCUT2D eigenvalue weighted by Gasteiger charge is -2.16. The molecule has 0 saturated carbocycles. The molecule has 0 rings (SSSR count). The van der Waals surface area contributed by atoms with Crippen LogP contribution in [0.3, 0.4) is 0 Å². The van der Waals surface area contributed by atoms with Crippen LogP contribution in [0.2, 0.25) is 0 Å². The van der Waals surface area contributed by atoms with Crippen molar-refractivity contribution in [3.63, 3.8) is 0 Å². The van der Waals surface area contributed by atoms with Gasteiger partial charge >= 0.3 is 0 Å². The molecule has 2 nitrogen and oxygen atoms in total. The zero-order chi connectivity index (χ0) is 8.20. The van der Waals surface area contributed by atoms with Gasteiger partial charge in [0.15, 0.2) is 0 Å². The first-order chi connectivity index (χ1) is 4.52. The second-order valence-electron chi connectivity index (χ2n) is 2.98. The van der Waals surface area contributed by atoms with Crippen LogP contribution in [0.15, 0.2) is 9.98 Å². The predicted octanol–water partition coefficient (Wildman–Crippen LogP) is 2.29. The fourth-order valence-electron chi connectivity index (χ4n) is 0.552. The van der Waals surface area contributed by atoms with Gasteiger partial charge in [0.05, 0.1) is 5.54 Å². The Morgan fingerprint density at radius 2 is 2.00 bits per heavy atom. The van der Waals surface area contributed by atoms with Crippen LogP contribution >= 0.6 is 0 Å². The predicted molar refractivity (Wildman–Crippen MR) is 47.0 cm³/mol. The number of rotatable bonds is 2. The Morgan fingerprint density at radius 3 is 2.30 bits per heavy atom. The van der Waals surface area contributed by atoms with Crippen LogP contribution in [-0.2, 0) is 0 Å². The highest BCUT2D eigenvalue weighted by Crippen LogP contribution is 2.13. The zero-order valence-corrected chi connectivity index (χ0v) is 7.31. The minimum atomic E-state index is 0.0191. The van der Waals surface area contributed by atoms with Gasteiger partial charge in [-0.25, -0.2) is 4.99 Å². The average molecular weight is 140 g/mol. The fraction of sp³-hybridized carbons (Fsp3) is 0.750. The van der Waals surface area contributed by atoms with Gasteiger partial charge in [-0.15, -0.1) is 0 Å². The summed E-state index contributed by atoms with van der Waals surface area (Å²) in [5, 5.41) is 0. The van der Waals surface area contributed by atoms with Crippen molar-refractivity contribution in [2.45, 2.75) is 39.7 Å². The number of hydrogen-bond acceptors (Lipinski definition) is 1. The van der Waals surface area contributed by atoms with E-state index in [2.05, 4.69) is 37.5 Å². The van der Waals surface area contributed by atoms with Crippen LogP contribution < -0.4 is 0 Å². The van der Waals surface area contributed by atoms with Gasteiger partial charge < -0.3 is 0 Å². The number of amidine groups is 1. The molecule has 10 heavy (non-hydrogen) atoms. The van der Waals surface area contributed by atoms with Gasteiger partial charge in [-0.3, -0.25) is 4.99 Å². The molecule has 0 amide bonds. The highest BCUT2D eigenvalue weighted by Gasteiger charge is 2.11. The van der Waals surface area contributed by atoms with Gasteiger partial charge in [0, 0.05) is 0 Å². The minimum Gasteiger partial charge on any atom is -0.265 e. The maximum Gasteiger partial charge on any atom is 0.119 e. The highest BCUT2D eigenvalue weighted by molar-refractivity contribution is 5.84. The molecule has 0 fully saturated rings. The third-order valence-corrected chi connectivity index (χ3v) is 1.56. The second kappa shape index (κ2) is 3.49. The smallest absolute Gasteiger partial charge is 0.119 e. The Hall–Kier alpha value is -0.660. The summed E-state index contributed by atoms with van der Waals surface area (Å²) in [6.07, 6.45) is 1.03. The Labute approximate surface area is 63.1 Å². The van der Waals surface area contributed by atoms with Crippen LogP contribution in [0.1, 0.15) is 34.1 Å². The largest absolute Gasteiger partial charge is 0.265 e. The first kappa shape index (κ1) is 9.34. The lowest BCUT2D eigenvalue weighted by atomic mass is 10.0. The molecule has 0 radical (unpaired) electrons. The Balaban J connectivity index is 4.22. The van der Waals surface area contributed by atoms with Crippen molar-refractivity contribution in [2.24, 2.45) is 9.98 Å². The standard InChI is InChI=1S/C8H16N2/c1-6-8(3,4)10-7(2)9-5/h5-6H2,1-4H3. The first-order valence-corrected chi connectivity index (χ1v) is 3.55. The average Bonchev–Trinajstić information content (AvgIpc) is 1.87. The van der Waals surface area contributed by atoms with E-state index in [0.29, 0.717) is 0 Å². The van der Waals surface area contributed by atoms with Crippen molar-refractivity contribution in [1.29, 1.82) is 0 Å². The quantitative estimate of drug-likeness (QED) is 0.415. The molecular formula is C8H16N2. The van der Waals surface area contributed by atoms with E-state index in [9.17, 15) is 0 Å². The van der Waals surface area contributed by atoms with Crippen LogP contribution in [0.4, 0.5) is 0 Å². The van der Waals surface area contributed by atoms with E-state index in [1.165, 1.54) is 0 Å². The third kappa shape index (κ3) is 3.38. The Bertz CT molecular complexity index is 145. The molecular weight excluding hydrogens is 124 g/mol. The molecule has 0 aliphatic carbocycles. The molecule has 0 saturated heterocycles. The molecule has 0 bridgehead atoms. The van der Waals surface area contributed by atoms with Gasteiger partial charge in [-0.1, -0.05) is 6.92 Å². The molecule has 0 heterocycles. The summed E-state index contributed by atoms with van der Waals surface area (Å²) in [6.45, 7) is 11.5. The number of hydrogen-bond donors (Lipinski definition) is 0. The Morgan fingerprint density at radius 1 is 1.50 bits per heavy atom. The molecule has 0 aromatic carbocycles. The molecule has 0 spiro atoms. The summed E-state index contributed by atoms with van der Waals surface area (Å²) in [7, 11) is 0. The molecule has 0 aliphatic rings. The van der Waals surface area contributed by atoms with E-state index in [4.69, 9.17) is 0 Å². The molecule has 2 heteroatoms. The second-order valence-corrected chi connectivity index (χ2v) is 2.98. The lowest BCUT2D eigenvalue weighted by Crippen LogP contribution is -2.16. The van der Waals surface area contributed by atoms with E-state index in [-0.39, 0.29) is 5.54 Å². The molecule has 0 N–H and O–H groups in total. The van der Waals surface area contributed by atoms with Gasteiger partial charge in [0.25, 0.3) is 0 Å². The van der Waals surface area contributed by atoms with Crippen LogP contribution in [-0.4, -0.2) is 18.1 Å².